The summed E-state index contributed by atoms with van der Waals surface area (Å²) in [6.07, 6.45) is -4.69. The van der Waals surface area contributed by atoms with Gasteiger partial charge in [-0.15, -0.1) is 11.3 Å². The lowest BCUT2D eigenvalue weighted by molar-refractivity contribution is -0.138. The van der Waals surface area contributed by atoms with Gasteiger partial charge in [-0.3, -0.25) is 0 Å². The smallest absolute Gasteiger partial charge is 0.420 e. The number of nitrogens with zero attached hydrogens (tertiary/aromatic N) is 4. The minimum Gasteiger partial charge on any atom is -0.437 e. The summed E-state index contributed by atoms with van der Waals surface area (Å²) in [7, 11) is 0. The molecule has 10 heteroatoms. The van der Waals surface area contributed by atoms with Crippen LogP contribution in [0.1, 0.15) is 16.7 Å². The third kappa shape index (κ3) is 5.06. The number of hydrogen-bond donors (Lipinski definition) is 1. The Bertz CT molecular complexity index is 1680. The zero-order chi connectivity index (χ0) is 26.0. The van der Waals surface area contributed by atoms with Gasteiger partial charge >= 0.3 is 6.18 Å². The molecular formula is C27H14F3N5OS. The van der Waals surface area contributed by atoms with E-state index >= 15 is 0 Å². The van der Waals surface area contributed by atoms with Gasteiger partial charge in [-0.25, -0.2) is 4.98 Å². The number of anilines is 2. The molecule has 0 spiro atoms. The normalized spacial score (nSPS) is 11.1. The Hall–Kier alpha value is -4.93. The largest absolute Gasteiger partial charge is 0.437 e. The summed E-state index contributed by atoms with van der Waals surface area (Å²) in [5.41, 5.74) is 1.90. The first-order valence-corrected chi connectivity index (χ1v) is 11.6. The maximum absolute atomic E-state index is 14.1. The molecule has 0 fully saturated rings. The second-order valence-corrected chi connectivity index (χ2v) is 8.72. The molecule has 5 rings (SSSR count). The van der Waals surface area contributed by atoms with Crippen LogP contribution in [-0.2, 0) is 6.18 Å². The third-order valence-electron chi connectivity index (χ3n) is 5.38. The first-order chi connectivity index (χ1) is 17.8. The minimum absolute atomic E-state index is 0.0206. The number of nitrogens with one attached hydrogen (secondary N) is 1. The van der Waals surface area contributed by atoms with Crippen LogP contribution in [0.25, 0.3) is 21.3 Å². The Morgan fingerprint density at radius 2 is 1.46 bits per heavy atom. The van der Waals surface area contributed by atoms with Crippen molar-refractivity contribution in [3.05, 3.63) is 94.9 Å². The molecule has 0 aliphatic heterocycles. The fourth-order valence-corrected chi connectivity index (χ4v) is 4.34. The van der Waals surface area contributed by atoms with Gasteiger partial charge in [0.15, 0.2) is 0 Å². The molecule has 5 aromatic rings. The van der Waals surface area contributed by atoms with Crippen molar-refractivity contribution in [1.29, 1.82) is 10.5 Å². The summed E-state index contributed by atoms with van der Waals surface area (Å²) in [5.74, 6) is -0.288. The molecule has 0 saturated heterocycles. The van der Waals surface area contributed by atoms with E-state index < -0.39 is 17.5 Å². The summed E-state index contributed by atoms with van der Waals surface area (Å²) in [5, 5.41) is 22.7. The third-order valence-corrected chi connectivity index (χ3v) is 6.27. The highest BCUT2D eigenvalue weighted by molar-refractivity contribution is 7.17. The molecule has 0 aliphatic carbocycles. The Morgan fingerprint density at radius 3 is 2.11 bits per heavy atom. The zero-order valence-electron chi connectivity index (χ0n) is 18.7. The van der Waals surface area contributed by atoms with Crippen LogP contribution in [-0.4, -0.2) is 9.97 Å². The van der Waals surface area contributed by atoms with E-state index in [9.17, 15) is 13.2 Å². The number of halogens is 3. The monoisotopic (exact) mass is 513 g/mol. The molecule has 3 aromatic carbocycles. The van der Waals surface area contributed by atoms with Crippen molar-refractivity contribution in [2.75, 3.05) is 5.32 Å². The second-order valence-electron chi connectivity index (χ2n) is 7.80. The summed E-state index contributed by atoms with van der Waals surface area (Å²) in [4.78, 5) is 8.74. The molecule has 2 aromatic heterocycles. The molecule has 2 heterocycles. The quantitative estimate of drug-likeness (QED) is 0.259. The van der Waals surface area contributed by atoms with Gasteiger partial charge in [-0.05, 0) is 71.1 Å². The summed E-state index contributed by atoms with van der Waals surface area (Å²) in [6, 6.07) is 22.4. The molecule has 37 heavy (non-hydrogen) atoms. The number of nitriles is 2. The first kappa shape index (κ1) is 23.8. The van der Waals surface area contributed by atoms with E-state index in [1.165, 1.54) is 23.5 Å². The van der Waals surface area contributed by atoms with Gasteiger partial charge in [-0.1, -0.05) is 18.2 Å². The van der Waals surface area contributed by atoms with E-state index in [1.807, 2.05) is 12.1 Å². The second kappa shape index (κ2) is 9.61. The molecule has 180 valence electrons. The van der Waals surface area contributed by atoms with Gasteiger partial charge in [0, 0.05) is 5.69 Å². The summed E-state index contributed by atoms with van der Waals surface area (Å²) < 4.78 is 48.4. The van der Waals surface area contributed by atoms with Crippen molar-refractivity contribution in [3.63, 3.8) is 0 Å². The maximum Gasteiger partial charge on any atom is 0.420 e. The lowest BCUT2D eigenvalue weighted by Crippen LogP contribution is -2.08. The van der Waals surface area contributed by atoms with E-state index in [0.717, 1.165) is 6.07 Å². The Morgan fingerprint density at radius 1 is 0.811 bits per heavy atom. The zero-order valence-corrected chi connectivity index (χ0v) is 19.6. The van der Waals surface area contributed by atoms with Gasteiger partial charge in [0.05, 0.1) is 34.3 Å². The van der Waals surface area contributed by atoms with E-state index in [0.29, 0.717) is 38.2 Å². The number of benzene rings is 3. The SMILES string of the molecule is N#Cc1ccc(Nc2nc(Oc3ccc(-c4ccc(C#N)cc4)cc3C(F)(F)F)c3sccc3n2)cc1. The molecule has 0 unspecified atom stereocenters. The number of thiophene rings is 1. The van der Waals surface area contributed by atoms with Crippen LogP contribution in [0.4, 0.5) is 24.8 Å². The average molecular weight is 514 g/mol. The van der Waals surface area contributed by atoms with Crippen LogP contribution >= 0.6 is 11.3 Å². The summed E-state index contributed by atoms with van der Waals surface area (Å²) >= 11 is 1.25. The van der Waals surface area contributed by atoms with Crippen LogP contribution in [0.5, 0.6) is 11.6 Å². The van der Waals surface area contributed by atoms with Crippen molar-refractivity contribution in [2.24, 2.45) is 0 Å². The van der Waals surface area contributed by atoms with Crippen LogP contribution in [0, 0.1) is 22.7 Å². The topological polar surface area (TPSA) is 94.6 Å². The Labute approximate surface area is 212 Å². The van der Waals surface area contributed by atoms with Crippen LogP contribution in [0.2, 0.25) is 0 Å². The van der Waals surface area contributed by atoms with Gasteiger partial charge < -0.3 is 10.1 Å². The van der Waals surface area contributed by atoms with E-state index in [-0.39, 0.29) is 11.8 Å². The molecule has 0 atom stereocenters. The van der Waals surface area contributed by atoms with Crippen molar-refractivity contribution >= 4 is 33.2 Å². The van der Waals surface area contributed by atoms with Crippen LogP contribution in [0.3, 0.4) is 0 Å². The number of fused-ring (bicyclic) bond motifs is 1. The molecule has 0 bridgehead atoms. The highest BCUT2D eigenvalue weighted by atomic mass is 32.1. The first-order valence-electron chi connectivity index (χ1n) is 10.8. The molecule has 6 nitrogen and oxygen atoms in total. The minimum atomic E-state index is -4.69. The lowest BCUT2D eigenvalue weighted by atomic mass is 10.0. The van der Waals surface area contributed by atoms with E-state index in [4.69, 9.17) is 15.3 Å². The van der Waals surface area contributed by atoms with Crippen molar-refractivity contribution in [3.8, 4) is 34.9 Å². The van der Waals surface area contributed by atoms with Gasteiger partial charge in [-0.2, -0.15) is 28.7 Å². The van der Waals surface area contributed by atoms with E-state index in [2.05, 4.69) is 15.3 Å². The molecular weight excluding hydrogens is 499 g/mol. The van der Waals surface area contributed by atoms with Crippen molar-refractivity contribution in [1.82, 2.24) is 9.97 Å². The number of hydrogen-bond acceptors (Lipinski definition) is 7. The maximum atomic E-state index is 14.1. The van der Waals surface area contributed by atoms with E-state index in [1.54, 1.807) is 60.0 Å². The number of aromatic nitrogens is 2. The highest BCUT2D eigenvalue weighted by Crippen LogP contribution is 2.42. The van der Waals surface area contributed by atoms with Gasteiger partial charge in [0.1, 0.15) is 10.4 Å². The predicted octanol–water partition coefficient (Wildman–Crippen LogP) is 7.66. The van der Waals surface area contributed by atoms with Gasteiger partial charge in [0.25, 0.3) is 0 Å². The highest BCUT2D eigenvalue weighted by Gasteiger charge is 2.35. The van der Waals surface area contributed by atoms with Gasteiger partial charge in [0.2, 0.25) is 11.8 Å². The molecule has 1 N–H and O–H groups in total. The molecule has 0 saturated carbocycles. The molecule has 0 amide bonds. The standard InChI is InChI=1S/C27H14F3N5OS/c28-27(29,30)21-13-19(18-5-1-16(14-31)2-6-18)7-10-23(21)36-25-24-22(11-12-37-24)34-26(35-25)33-20-8-3-17(15-32)4-9-20/h1-13H,(H,33,34,35). The van der Waals surface area contributed by atoms with Crippen molar-refractivity contribution < 1.29 is 17.9 Å². The molecule has 0 aliphatic rings. The number of alkyl halides is 3. The summed E-state index contributed by atoms with van der Waals surface area (Å²) in [6.45, 7) is 0. The predicted molar refractivity (Wildman–Crippen MR) is 134 cm³/mol. The average Bonchev–Trinajstić information content (AvgIpc) is 3.38. The fourth-order valence-electron chi connectivity index (χ4n) is 3.58. The van der Waals surface area contributed by atoms with Crippen molar-refractivity contribution in [2.45, 2.75) is 6.18 Å². The molecule has 0 radical (unpaired) electrons. The van der Waals surface area contributed by atoms with Crippen LogP contribution in [0.15, 0.2) is 78.2 Å². The lowest BCUT2D eigenvalue weighted by Gasteiger charge is -2.16. The number of ether oxygens (including phenoxy) is 1. The van der Waals surface area contributed by atoms with Crippen LogP contribution < -0.4 is 10.1 Å². The number of rotatable bonds is 5. The Balaban J connectivity index is 1.52. The fraction of sp³-hybridized carbons (Fsp3) is 0.0370. The Kier molecular flexibility index (Phi) is 6.18.